The highest BCUT2D eigenvalue weighted by Gasteiger charge is 2.18. The van der Waals surface area contributed by atoms with Crippen LogP contribution in [-0.4, -0.2) is 48.6 Å². The van der Waals surface area contributed by atoms with Crippen LogP contribution in [-0.2, 0) is 4.74 Å². The van der Waals surface area contributed by atoms with Crippen molar-refractivity contribution in [2.24, 2.45) is 5.73 Å². The average Bonchev–Trinajstić information content (AvgIpc) is 2.30. The summed E-state index contributed by atoms with van der Waals surface area (Å²) in [7, 11) is 0. The van der Waals surface area contributed by atoms with Crippen molar-refractivity contribution < 1.29 is 14.6 Å². The maximum absolute atomic E-state index is 11.5. The topological polar surface area (TPSA) is 96.6 Å². The fourth-order valence-electron chi connectivity index (χ4n) is 1.63. The molecule has 0 aliphatic rings. The largest absolute Gasteiger partial charge is 0.444 e. The molecule has 0 aliphatic carbocycles. The summed E-state index contributed by atoms with van der Waals surface area (Å²) in [5, 5.41) is 15.0. The van der Waals surface area contributed by atoms with Gasteiger partial charge in [-0.1, -0.05) is 6.92 Å². The van der Waals surface area contributed by atoms with Crippen LogP contribution in [0.3, 0.4) is 0 Å². The molecule has 6 nitrogen and oxygen atoms in total. The van der Waals surface area contributed by atoms with Gasteiger partial charge in [0.15, 0.2) is 0 Å². The molecule has 0 radical (unpaired) electrons. The summed E-state index contributed by atoms with van der Waals surface area (Å²) in [4.78, 5) is 11.5. The SMILES string of the molecule is CCC(CCO)NC(CN)CNC(=O)OC(C)(C)C. The van der Waals surface area contributed by atoms with Gasteiger partial charge in [-0.2, -0.15) is 0 Å². The Kier molecular flexibility index (Phi) is 8.71. The Morgan fingerprint density at radius 3 is 2.42 bits per heavy atom. The van der Waals surface area contributed by atoms with E-state index in [-0.39, 0.29) is 18.7 Å². The van der Waals surface area contributed by atoms with E-state index in [1.165, 1.54) is 0 Å². The van der Waals surface area contributed by atoms with Gasteiger partial charge in [-0.15, -0.1) is 0 Å². The lowest BCUT2D eigenvalue weighted by molar-refractivity contribution is 0.0521. The van der Waals surface area contributed by atoms with E-state index >= 15 is 0 Å². The lowest BCUT2D eigenvalue weighted by Crippen LogP contribution is -2.50. The lowest BCUT2D eigenvalue weighted by Gasteiger charge is -2.25. The molecular formula is C13H29N3O3. The summed E-state index contributed by atoms with van der Waals surface area (Å²) in [6, 6.07) is 0.183. The Bertz CT molecular complexity index is 254. The Balaban J connectivity index is 4.08. The summed E-state index contributed by atoms with van der Waals surface area (Å²) >= 11 is 0. The molecule has 0 saturated carbocycles. The van der Waals surface area contributed by atoms with Crippen molar-refractivity contribution in [2.75, 3.05) is 19.7 Å². The van der Waals surface area contributed by atoms with Crippen molar-refractivity contribution in [1.82, 2.24) is 10.6 Å². The molecule has 0 fully saturated rings. The zero-order valence-corrected chi connectivity index (χ0v) is 12.5. The van der Waals surface area contributed by atoms with Gasteiger partial charge in [-0.25, -0.2) is 4.79 Å². The molecule has 0 aromatic heterocycles. The summed E-state index contributed by atoms with van der Waals surface area (Å²) < 4.78 is 5.15. The predicted molar refractivity (Wildman–Crippen MR) is 76.0 cm³/mol. The van der Waals surface area contributed by atoms with Crippen molar-refractivity contribution in [3.05, 3.63) is 0 Å². The van der Waals surface area contributed by atoms with Gasteiger partial charge < -0.3 is 26.2 Å². The molecule has 5 N–H and O–H groups in total. The first-order valence-electron chi connectivity index (χ1n) is 6.86. The van der Waals surface area contributed by atoms with Crippen LogP contribution in [0.2, 0.25) is 0 Å². The highest BCUT2D eigenvalue weighted by molar-refractivity contribution is 5.67. The molecule has 0 spiro atoms. The molecule has 19 heavy (non-hydrogen) atoms. The number of hydrogen-bond acceptors (Lipinski definition) is 5. The van der Waals surface area contributed by atoms with Crippen molar-refractivity contribution in [1.29, 1.82) is 0 Å². The zero-order chi connectivity index (χ0) is 14.9. The smallest absolute Gasteiger partial charge is 0.407 e. The maximum atomic E-state index is 11.5. The second-order valence-electron chi connectivity index (χ2n) is 5.60. The quantitative estimate of drug-likeness (QED) is 0.520. The van der Waals surface area contributed by atoms with Crippen molar-refractivity contribution in [3.8, 4) is 0 Å². The lowest BCUT2D eigenvalue weighted by atomic mass is 10.1. The maximum Gasteiger partial charge on any atom is 0.407 e. The monoisotopic (exact) mass is 275 g/mol. The van der Waals surface area contributed by atoms with Crippen LogP contribution in [0.25, 0.3) is 0 Å². The highest BCUT2D eigenvalue weighted by Crippen LogP contribution is 2.06. The normalized spacial score (nSPS) is 14.8. The van der Waals surface area contributed by atoms with E-state index in [1.54, 1.807) is 0 Å². The first-order valence-corrected chi connectivity index (χ1v) is 6.86. The summed E-state index contributed by atoms with van der Waals surface area (Å²) in [5.74, 6) is 0. The molecule has 0 aromatic carbocycles. The number of alkyl carbamates (subject to hydrolysis) is 1. The number of carbonyl (C=O) groups excluding carboxylic acids is 1. The molecule has 0 bridgehead atoms. The van der Waals surface area contributed by atoms with Crippen LogP contribution in [0, 0.1) is 0 Å². The number of nitrogens with two attached hydrogens (primary N) is 1. The Morgan fingerprint density at radius 2 is 2.00 bits per heavy atom. The van der Waals surface area contributed by atoms with Gasteiger partial charge in [0.25, 0.3) is 0 Å². The number of nitrogens with one attached hydrogen (secondary N) is 2. The second kappa shape index (κ2) is 9.12. The minimum atomic E-state index is -0.501. The van der Waals surface area contributed by atoms with Gasteiger partial charge >= 0.3 is 6.09 Å². The number of carbonyl (C=O) groups is 1. The fraction of sp³-hybridized carbons (Fsp3) is 0.923. The van der Waals surface area contributed by atoms with Crippen LogP contribution in [0.4, 0.5) is 4.79 Å². The molecule has 0 aromatic rings. The third-order valence-corrected chi connectivity index (χ3v) is 2.62. The molecular weight excluding hydrogens is 246 g/mol. The minimum absolute atomic E-state index is 0.0241. The first-order chi connectivity index (χ1) is 8.82. The van der Waals surface area contributed by atoms with Gasteiger partial charge in [0.05, 0.1) is 0 Å². The minimum Gasteiger partial charge on any atom is -0.444 e. The van der Waals surface area contributed by atoms with E-state index < -0.39 is 11.7 Å². The number of amides is 1. The molecule has 6 heteroatoms. The standard InChI is InChI=1S/C13H29N3O3/c1-5-10(6-7-17)16-11(8-14)9-15-12(18)19-13(2,3)4/h10-11,16-17H,5-9,14H2,1-4H3,(H,15,18). The van der Waals surface area contributed by atoms with Crippen LogP contribution in [0.5, 0.6) is 0 Å². The number of aliphatic hydroxyl groups excluding tert-OH is 1. The van der Waals surface area contributed by atoms with Crippen molar-refractivity contribution in [3.63, 3.8) is 0 Å². The number of hydrogen-bond donors (Lipinski definition) is 4. The number of ether oxygens (including phenoxy) is 1. The van der Waals surface area contributed by atoms with E-state index in [2.05, 4.69) is 10.6 Å². The predicted octanol–water partition coefficient (Wildman–Crippen LogP) is 0.589. The van der Waals surface area contributed by atoms with Gasteiger partial charge in [-0.3, -0.25) is 0 Å². The van der Waals surface area contributed by atoms with E-state index in [0.29, 0.717) is 19.5 Å². The molecule has 2 atom stereocenters. The second-order valence-corrected chi connectivity index (χ2v) is 5.60. The van der Waals surface area contributed by atoms with E-state index in [4.69, 9.17) is 15.6 Å². The fourth-order valence-corrected chi connectivity index (χ4v) is 1.63. The van der Waals surface area contributed by atoms with Crippen molar-refractivity contribution >= 4 is 6.09 Å². The van der Waals surface area contributed by atoms with Gasteiger partial charge in [0.2, 0.25) is 0 Å². The molecule has 1 amide bonds. The zero-order valence-electron chi connectivity index (χ0n) is 12.5. The van der Waals surface area contributed by atoms with Crippen LogP contribution < -0.4 is 16.4 Å². The van der Waals surface area contributed by atoms with Crippen molar-refractivity contribution in [2.45, 2.75) is 58.2 Å². The summed E-state index contributed by atoms with van der Waals surface area (Å²) in [6.45, 7) is 8.47. The molecule has 0 heterocycles. The molecule has 0 saturated heterocycles. The third kappa shape index (κ3) is 9.69. The van der Waals surface area contributed by atoms with Gasteiger partial charge in [0.1, 0.15) is 5.60 Å². The number of rotatable bonds is 8. The van der Waals surface area contributed by atoms with Crippen LogP contribution >= 0.6 is 0 Å². The molecule has 114 valence electrons. The molecule has 0 rings (SSSR count). The highest BCUT2D eigenvalue weighted by atomic mass is 16.6. The number of aliphatic hydroxyl groups is 1. The summed E-state index contributed by atoms with van der Waals surface area (Å²) in [5.41, 5.74) is 5.17. The van der Waals surface area contributed by atoms with E-state index in [0.717, 1.165) is 6.42 Å². The Hall–Kier alpha value is -0.850. The van der Waals surface area contributed by atoms with E-state index in [9.17, 15) is 4.79 Å². The Morgan fingerprint density at radius 1 is 1.37 bits per heavy atom. The van der Waals surface area contributed by atoms with Crippen LogP contribution in [0.1, 0.15) is 40.5 Å². The molecule has 0 aliphatic heterocycles. The summed E-state index contributed by atoms with van der Waals surface area (Å²) in [6.07, 6.45) is 1.14. The van der Waals surface area contributed by atoms with Gasteiger partial charge in [-0.05, 0) is 33.6 Å². The third-order valence-electron chi connectivity index (χ3n) is 2.62. The van der Waals surface area contributed by atoms with Gasteiger partial charge in [0, 0.05) is 31.8 Å². The van der Waals surface area contributed by atoms with E-state index in [1.807, 2.05) is 27.7 Å². The Labute approximate surface area is 116 Å². The first kappa shape index (κ1) is 18.1. The molecule has 2 unspecified atom stereocenters. The average molecular weight is 275 g/mol. The van der Waals surface area contributed by atoms with Crippen LogP contribution in [0.15, 0.2) is 0 Å².